The van der Waals surface area contributed by atoms with Crippen LogP contribution in [0.5, 0.6) is 0 Å². The maximum absolute atomic E-state index is 3.57. The van der Waals surface area contributed by atoms with Crippen LogP contribution in [0.15, 0.2) is 18.5 Å². The Morgan fingerprint density at radius 3 is 3.00 bits per heavy atom. The average Bonchev–Trinajstić information content (AvgIpc) is 2.74. The van der Waals surface area contributed by atoms with Gasteiger partial charge >= 0.3 is 0 Å². The molecule has 1 aromatic heterocycles. The minimum atomic E-state index is 0.901. The van der Waals surface area contributed by atoms with E-state index in [0.717, 1.165) is 18.4 Å². The monoisotopic (exact) mass is 206 g/mol. The molecule has 15 heavy (non-hydrogen) atoms. The van der Waals surface area contributed by atoms with Crippen LogP contribution in [-0.4, -0.2) is 11.5 Å². The number of aromatic amines is 1. The van der Waals surface area contributed by atoms with E-state index in [9.17, 15) is 0 Å². The Kier molecular flexibility index (Phi) is 3.84. The van der Waals surface area contributed by atoms with E-state index in [2.05, 4.69) is 29.5 Å². The van der Waals surface area contributed by atoms with E-state index in [1.165, 1.54) is 37.8 Å². The highest BCUT2D eigenvalue weighted by Crippen LogP contribution is 2.28. The van der Waals surface area contributed by atoms with Gasteiger partial charge in [-0.15, -0.1) is 0 Å². The molecule has 2 unspecified atom stereocenters. The third kappa shape index (κ3) is 3.10. The smallest absolute Gasteiger partial charge is 0.0220 e. The predicted molar refractivity (Wildman–Crippen MR) is 63.6 cm³/mol. The second-order valence-electron chi connectivity index (χ2n) is 4.87. The highest BCUT2D eigenvalue weighted by molar-refractivity contribution is 5.07. The fourth-order valence-corrected chi connectivity index (χ4v) is 2.57. The standard InChI is InChI=1S/C13H22N2/c1-11-4-2-3-5-13(11)10-15-9-12-6-7-14-8-12/h6-8,11,13-15H,2-5,9-10H2,1H3. The van der Waals surface area contributed by atoms with Crippen LogP contribution in [-0.2, 0) is 6.54 Å². The summed E-state index contributed by atoms with van der Waals surface area (Å²) in [6, 6.07) is 2.14. The van der Waals surface area contributed by atoms with Crippen LogP contribution in [0.4, 0.5) is 0 Å². The van der Waals surface area contributed by atoms with Gasteiger partial charge in [0.05, 0.1) is 0 Å². The zero-order valence-corrected chi connectivity index (χ0v) is 9.63. The molecule has 0 bridgehead atoms. The van der Waals surface area contributed by atoms with Crippen LogP contribution in [0.3, 0.4) is 0 Å². The number of hydrogen-bond acceptors (Lipinski definition) is 1. The van der Waals surface area contributed by atoms with E-state index in [1.54, 1.807) is 0 Å². The molecule has 1 aromatic rings. The van der Waals surface area contributed by atoms with E-state index in [0.29, 0.717) is 0 Å². The van der Waals surface area contributed by atoms with E-state index >= 15 is 0 Å². The minimum absolute atomic E-state index is 0.901. The topological polar surface area (TPSA) is 27.8 Å². The first kappa shape index (κ1) is 10.7. The van der Waals surface area contributed by atoms with Crippen molar-refractivity contribution in [2.75, 3.05) is 6.54 Å². The number of nitrogens with one attached hydrogen (secondary N) is 2. The van der Waals surface area contributed by atoms with Gasteiger partial charge in [0.1, 0.15) is 0 Å². The van der Waals surface area contributed by atoms with Gasteiger partial charge in [-0.25, -0.2) is 0 Å². The molecular weight excluding hydrogens is 184 g/mol. The molecule has 0 aliphatic heterocycles. The van der Waals surface area contributed by atoms with E-state index in [4.69, 9.17) is 0 Å². The lowest BCUT2D eigenvalue weighted by Crippen LogP contribution is -2.28. The van der Waals surface area contributed by atoms with Crippen LogP contribution in [0.1, 0.15) is 38.2 Å². The first-order valence-electron chi connectivity index (χ1n) is 6.18. The van der Waals surface area contributed by atoms with Crippen LogP contribution in [0.2, 0.25) is 0 Å². The molecule has 1 saturated carbocycles. The summed E-state index contributed by atoms with van der Waals surface area (Å²) in [5, 5.41) is 3.57. The van der Waals surface area contributed by atoms with Gasteiger partial charge in [0.2, 0.25) is 0 Å². The van der Waals surface area contributed by atoms with Gasteiger partial charge in [0.15, 0.2) is 0 Å². The molecule has 2 heteroatoms. The van der Waals surface area contributed by atoms with Gasteiger partial charge < -0.3 is 10.3 Å². The predicted octanol–water partition coefficient (Wildman–Crippen LogP) is 2.93. The fourth-order valence-electron chi connectivity index (χ4n) is 2.57. The first-order chi connectivity index (χ1) is 7.36. The van der Waals surface area contributed by atoms with Gasteiger partial charge in [-0.1, -0.05) is 26.2 Å². The van der Waals surface area contributed by atoms with Gasteiger partial charge in [-0.3, -0.25) is 0 Å². The Labute approximate surface area is 92.5 Å². The molecular formula is C13H22N2. The summed E-state index contributed by atoms with van der Waals surface area (Å²) < 4.78 is 0. The maximum atomic E-state index is 3.57. The molecule has 2 nitrogen and oxygen atoms in total. The summed E-state index contributed by atoms with van der Waals surface area (Å²) in [5.41, 5.74) is 1.36. The average molecular weight is 206 g/mol. The highest BCUT2D eigenvalue weighted by atomic mass is 14.9. The van der Waals surface area contributed by atoms with Crippen molar-refractivity contribution in [2.24, 2.45) is 11.8 Å². The molecule has 0 radical (unpaired) electrons. The summed E-state index contributed by atoms with van der Waals surface area (Å²) in [4.78, 5) is 3.09. The van der Waals surface area contributed by atoms with Crippen molar-refractivity contribution < 1.29 is 0 Å². The Hall–Kier alpha value is -0.760. The van der Waals surface area contributed by atoms with Gasteiger partial charge in [0.25, 0.3) is 0 Å². The largest absolute Gasteiger partial charge is 0.367 e. The summed E-state index contributed by atoms with van der Waals surface area (Å²) >= 11 is 0. The second-order valence-corrected chi connectivity index (χ2v) is 4.87. The van der Waals surface area contributed by atoms with Crippen molar-refractivity contribution in [3.63, 3.8) is 0 Å². The third-order valence-corrected chi connectivity index (χ3v) is 3.69. The van der Waals surface area contributed by atoms with Crippen molar-refractivity contribution in [3.05, 3.63) is 24.0 Å². The molecule has 0 spiro atoms. The zero-order chi connectivity index (χ0) is 10.5. The van der Waals surface area contributed by atoms with E-state index < -0.39 is 0 Å². The molecule has 0 aromatic carbocycles. The Balaban J connectivity index is 1.68. The van der Waals surface area contributed by atoms with E-state index in [-0.39, 0.29) is 0 Å². The van der Waals surface area contributed by atoms with Crippen LogP contribution in [0, 0.1) is 11.8 Å². The highest BCUT2D eigenvalue weighted by Gasteiger charge is 2.20. The molecule has 1 aliphatic carbocycles. The Morgan fingerprint density at radius 1 is 1.40 bits per heavy atom. The van der Waals surface area contributed by atoms with Crippen molar-refractivity contribution in [1.29, 1.82) is 0 Å². The molecule has 1 fully saturated rings. The minimum Gasteiger partial charge on any atom is -0.367 e. The molecule has 0 amide bonds. The normalized spacial score (nSPS) is 26.7. The summed E-state index contributed by atoms with van der Waals surface area (Å²) in [7, 11) is 0. The van der Waals surface area contributed by atoms with Crippen LogP contribution < -0.4 is 5.32 Å². The van der Waals surface area contributed by atoms with Gasteiger partial charge in [-0.05, 0) is 36.4 Å². The van der Waals surface area contributed by atoms with Gasteiger partial charge in [-0.2, -0.15) is 0 Å². The third-order valence-electron chi connectivity index (χ3n) is 3.69. The summed E-state index contributed by atoms with van der Waals surface area (Å²) in [5.74, 6) is 1.81. The van der Waals surface area contributed by atoms with Gasteiger partial charge in [0, 0.05) is 18.9 Å². The Bertz CT molecular complexity index is 266. The quantitative estimate of drug-likeness (QED) is 0.779. The van der Waals surface area contributed by atoms with Crippen molar-refractivity contribution in [1.82, 2.24) is 10.3 Å². The fraction of sp³-hybridized carbons (Fsp3) is 0.692. The molecule has 2 atom stereocenters. The molecule has 2 rings (SSSR count). The second kappa shape index (κ2) is 5.36. The maximum Gasteiger partial charge on any atom is 0.0220 e. The van der Waals surface area contributed by atoms with Crippen molar-refractivity contribution in [2.45, 2.75) is 39.2 Å². The SMILES string of the molecule is CC1CCCCC1CNCc1cc[nH]c1. The summed E-state index contributed by atoms with van der Waals surface area (Å²) in [6.45, 7) is 4.60. The number of rotatable bonds is 4. The lowest BCUT2D eigenvalue weighted by molar-refractivity contribution is 0.247. The number of hydrogen-bond donors (Lipinski definition) is 2. The van der Waals surface area contributed by atoms with Crippen molar-refractivity contribution in [3.8, 4) is 0 Å². The lowest BCUT2D eigenvalue weighted by atomic mass is 9.80. The zero-order valence-electron chi connectivity index (χ0n) is 9.63. The van der Waals surface area contributed by atoms with E-state index in [1.807, 2.05) is 6.20 Å². The number of aromatic nitrogens is 1. The lowest BCUT2D eigenvalue weighted by Gasteiger charge is -2.28. The Morgan fingerprint density at radius 2 is 2.27 bits per heavy atom. The summed E-state index contributed by atoms with van der Waals surface area (Å²) in [6.07, 6.45) is 9.77. The first-order valence-corrected chi connectivity index (χ1v) is 6.18. The van der Waals surface area contributed by atoms with Crippen LogP contribution in [0.25, 0.3) is 0 Å². The van der Waals surface area contributed by atoms with Crippen LogP contribution >= 0.6 is 0 Å². The number of H-pyrrole nitrogens is 1. The molecule has 1 heterocycles. The molecule has 2 N–H and O–H groups in total. The molecule has 0 saturated heterocycles. The molecule has 84 valence electrons. The molecule has 1 aliphatic rings. The van der Waals surface area contributed by atoms with Crippen molar-refractivity contribution >= 4 is 0 Å².